The van der Waals surface area contributed by atoms with Gasteiger partial charge >= 0.3 is 0 Å². The highest BCUT2D eigenvalue weighted by Gasteiger charge is 2.05. The average molecular weight is 280 g/mol. The van der Waals surface area contributed by atoms with Crippen molar-refractivity contribution >= 4 is 5.78 Å². The maximum Gasteiger partial charge on any atom is 0.141 e. The molecule has 0 atom stereocenters. The number of benzene rings is 2. The van der Waals surface area contributed by atoms with Crippen molar-refractivity contribution in [2.24, 2.45) is 0 Å². The molecule has 0 fully saturated rings. The third kappa shape index (κ3) is 5.55. The van der Waals surface area contributed by atoms with Crippen molar-refractivity contribution in [1.82, 2.24) is 0 Å². The zero-order valence-electron chi connectivity index (χ0n) is 12.8. The van der Waals surface area contributed by atoms with Crippen LogP contribution in [0.4, 0.5) is 0 Å². The lowest BCUT2D eigenvalue weighted by Crippen LogP contribution is -2.06. The highest BCUT2D eigenvalue weighted by molar-refractivity contribution is 5.83. The molecule has 0 saturated heterocycles. The number of aryl methyl sites for hydroxylation is 1. The van der Waals surface area contributed by atoms with Gasteiger partial charge in [0.2, 0.25) is 0 Å². The molecular formula is C20H24O. The molecule has 0 spiro atoms. The van der Waals surface area contributed by atoms with Gasteiger partial charge in [-0.15, -0.1) is 0 Å². The first-order chi connectivity index (χ1) is 10.3. The van der Waals surface area contributed by atoms with Gasteiger partial charge in [-0.1, -0.05) is 74.4 Å². The van der Waals surface area contributed by atoms with Gasteiger partial charge in [-0.25, -0.2) is 0 Å². The Hall–Kier alpha value is -1.89. The Morgan fingerprint density at radius 1 is 0.762 bits per heavy atom. The zero-order chi connectivity index (χ0) is 14.9. The highest BCUT2D eigenvalue weighted by Crippen LogP contribution is 2.11. The van der Waals surface area contributed by atoms with Crippen LogP contribution in [-0.4, -0.2) is 5.78 Å². The fourth-order valence-corrected chi connectivity index (χ4v) is 2.52. The minimum Gasteiger partial charge on any atom is -0.299 e. The van der Waals surface area contributed by atoms with Gasteiger partial charge in [-0.3, -0.25) is 4.79 Å². The van der Waals surface area contributed by atoms with E-state index in [2.05, 4.69) is 31.2 Å². The molecule has 0 aliphatic carbocycles. The molecular weight excluding hydrogens is 256 g/mol. The molecule has 0 aliphatic rings. The highest BCUT2D eigenvalue weighted by atomic mass is 16.1. The number of unbranched alkanes of at least 4 members (excludes halogenated alkanes) is 2. The zero-order valence-corrected chi connectivity index (χ0v) is 12.8. The molecule has 110 valence electrons. The van der Waals surface area contributed by atoms with E-state index in [9.17, 15) is 4.79 Å². The van der Waals surface area contributed by atoms with E-state index in [1.54, 1.807) is 0 Å². The molecule has 0 saturated carbocycles. The van der Waals surface area contributed by atoms with Gasteiger partial charge in [0.05, 0.1) is 0 Å². The summed E-state index contributed by atoms with van der Waals surface area (Å²) in [4.78, 5) is 12.1. The van der Waals surface area contributed by atoms with Crippen molar-refractivity contribution in [3.8, 4) is 0 Å². The van der Waals surface area contributed by atoms with Gasteiger partial charge in [-0.2, -0.15) is 0 Å². The predicted octanol–water partition coefficient (Wildman–Crippen LogP) is 4.77. The first kappa shape index (κ1) is 15.5. The Labute approximate surface area is 128 Å². The lowest BCUT2D eigenvalue weighted by molar-refractivity contribution is -0.117. The van der Waals surface area contributed by atoms with E-state index < -0.39 is 0 Å². The number of rotatable bonds is 8. The number of ketones is 1. The second kappa shape index (κ2) is 8.41. The molecule has 0 N–H and O–H groups in total. The Kier molecular flexibility index (Phi) is 6.21. The van der Waals surface area contributed by atoms with E-state index in [4.69, 9.17) is 0 Å². The van der Waals surface area contributed by atoms with E-state index in [0.29, 0.717) is 12.8 Å². The van der Waals surface area contributed by atoms with Crippen LogP contribution >= 0.6 is 0 Å². The van der Waals surface area contributed by atoms with Crippen LogP contribution in [0.25, 0.3) is 0 Å². The van der Waals surface area contributed by atoms with Crippen LogP contribution in [0.2, 0.25) is 0 Å². The maximum atomic E-state index is 12.1. The van der Waals surface area contributed by atoms with E-state index in [0.717, 1.165) is 17.5 Å². The quantitative estimate of drug-likeness (QED) is 0.636. The second-order valence-corrected chi connectivity index (χ2v) is 5.65. The third-order valence-electron chi connectivity index (χ3n) is 3.74. The number of Topliss-reactive ketones (excluding diaryl/α,β-unsaturated/α-hetero) is 1. The molecule has 2 aromatic carbocycles. The molecule has 2 rings (SSSR count). The summed E-state index contributed by atoms with van der Waals surface area (Å²) in [5.41, 5.74) is 3.59. The van der Waals surface area contributed by atoms with Gasteiger partial charge in [0.15, 0.2) is 0 Å². The smallest absolute Gasteiger partial charge is 0.141 e. The van der Waals surface area contributed by atoms with Gasteiger partial charge in [-0.05, 0) is 29.5 Å². The SMILES string of the molecule is CCCCCc1ccc(CC(=O)Cc2ccccc2)cc1. The minimum atomic E-state index is 0.278. The molecule has 0 unspecified atom stereocenters. The number of carbonyl (C=O) groups is 1. The predicted molar refractivity (Wildman–Crippen MR) is 88.5 cm³/mol. The summed E-state index contributed by atoms with van der Waals surface area (Å²) in [5.74, 6) is 0.278. The number of hydrogen-bond donors (Lipinski definition) is 0. The molecule has 0 radical (unpaired) electrons. The van der Waals surface area contributed by atoms with Gasteiger partial charge < -0.3 is 0 Å². The van der Waals surface area contributed by atoms with Crippen LogP contribution in [0.15, 0.2) is 54.6 Å². The maximum absolute atomic E-state index is 12.1. The molecule has 1 heteroatoms. The van der Waals surface area contributed by atoms with Crippen molar-refractivity contribution in [1.29, 1.82) is 0 Å². The lowest BCUT2D eigenvalue weighted by atomic mass is 10.0. The average Bonchev–Trinajstić information content (AvgIpc) is 2.50. The van der Waals surface area contributed by atoms with Gasteiger partial charge in [0.25, 0.3) is 0 Å². The Balaban J connectivity index is 1.83. The lowest BCUT2D eigenvalue weighted by Gasteiger charge is -2.04. The fourth-order valence-electron chi connectivity index (χ4n) is 2.52. The van der Waals surface area contributed by atoms with Crippen LogP contribution in [0.3, 0.4) is 0 Å². The summed E-state index contributed by atoms with van der Waals surface area (Å²) in [6.07, 6.45) is 6.00. The first-order valence-electron chi connectivity index (χ1n) is 7.91. The Bertz CT molecular complexity index is 540. The van der Waals surface area contributed by atoms with E-state index in [1.807, 2.05) is 30.3 Å². The van der Waals surface area contributed by atoms with Crippen LogP contribution in [0.1, 0.15) is 42.9 Å². The van der Waals surface area contributed by atoms with Crippen molar-refractivity contribution < 1.29 is 4.79 Å². The summed E-state index contributed by atoms with van der Waals surface area (Å²) in [7, 11) is 0. The van der Waals surface area contributed by atoms with E-state index in [1.165, 1.54) is 24.8 Å². The second-order valence-electron chi connectivity index (χ2n) is 5.65. The van der Waals surface area contributed by atoms with Gasteiger partial charge in [0, 0.05) is 12.8 Å². The molecule has 21 heavy (non-hydrogen) atoms. The summed E-state index contributed by atoms with van der Waals surface area (Å²) in [6, 6.07) is 18.5. The largest absolute Gasteiger partial charge is 0.299 e. The molecule has 0 heterocycles. The van der Waals surface area contributed by atoms with Crippen molar-refractivity contribution in [3.63, 3.8) is 0 Å². The molecule has 0 aliphatic heterocycles. The van der Waals surface area contributed by atoms with E-state index >= 15 is 0 Å². The normalized spacial score (nSPS) is 10.5. The molecule has 1 nitrogen and oxygen atoms in total. The van der Waals surface area contributed by atoms with Crippen LogP contribution < -0.4 is 0 Å². The van der Waals surface area contributed by atoms with E-state index in [-0.39, 0.29) is 5.78 Å². The monoisotopic (exact) mass is 280 g/mol. The molecule has 0 bridgehead atoms. The summed E-state index contributed by atoms with van der Waals surface area (Å²) >= 11 is 0. The first-order valence-corrected chi connectivity index (χ1v) is 7.91. The number of hydrogen-bond acceptors (Lipinski definition) is 1. The molecule has 0 amide bonds. The molecule has 0 aromatic heterocycles. The van der Waals surface area contributed by atoms with Gasteiger partial charge in [0.1, 0.15) is 5.78 Å². The van der Waals surface area contributed by atoms with Crippen molar-refractivity contribution in [2.45, 2.75) is 45.4 Å². The Morgan fingerprint density at radius 3 is 1.95 bits per heavy atom. The summed E-state index contributed by atoms with van der Waals surface area (Å²) in [5, 5.41) is 0. The van der Waals surface area contributed by atoms with Crippen molar-refractivity contribution in [2.75, 3.05) is 0 Å². The van der Waals surface area contributed by atoms with Crippen LogP contribution in [0, 0.1) is 0 Å². The Morgan fingerprint density at radius 2 is 1.33 bits per heavy atom. The van der Waals surface area contributed by atoms with Crippen molar-refractivity contribution in [3.05, 3.63) is 71.3 Å². The summed E-state index contributed by atoms with van der Waals surface area (Å²) in [6.45, 7) is 2.22. The molecule has 2 aromatic rings. The summed E-state index contributed by atoms with van der Waals surface area (Å²) < 4.78 is 0. The standard InChI is InChI=1S/C20H24O/c1-2-3-5-8-17-11-13-19(14-12-17)16-20(21)15-18-9-6-4-7-10-18/h4,6-7,9-14H,2-3,5,8,15-16H2,1H3. The fraction of sp³-hybridized carbons (Fsp3) is 0.350. The van der Waals surface area contributed by atoms with Crippen LogP contribution in [-0.2, 0) is 24.1 Å². The third-order valence-corrected chi connectivity index (χ3v) is 3.74. The number of carbonyl (C=O) groups excluding carboxylic acids is 1. The topological polar surface area (TPSA) is 17.1 Å². The minimum absolute atomic E-state index is 0.278. The van der Waals surface area contributed by atoms with Crippen LogP contribution in [0.5, 0.6) is 0 Å².